The minimum absolute atomic E-state index is 0.0162. The summed E-state index contributed by atoms with van der Waals surface area (Å²) in [6.45, 7) is 11.5. The van der Waals surface area contributed by atoms with Gasteiger partial charge in [-0.1, -0.05) is 37.6 Å². The maximum Gasteiger partial charge on any atom is 0.308 e. The molecule has 0 aromatic rings. The maximum absolute atomic E-state index is 12.5. The number of esters is 1. The normalized spacial score (nSPS) is 44.5. The summed E-state index contributed by atoms with van der Waals surface area (Å²) in [5, 5.41) is 0. The van der Waals surface area contributed by atoms with Crippen LogP contribution in [0.25, 0.3) is 0 Å². The van der Waals surface area contributed by atoms with Crippen LogP contribution in [0.1, 0.15) is 59.3 Å². The molecular formula is C22H32O2. The molecule has 0 N–H and O–H groups in total. The van der Waals surface area contributed by atoms with Gasteiger partial charge < -0.3 is 4.74 Å². The standard InChI is InChI=1S/C22H32O2/c1-5-24-21(23)14(3)17-10-8-13(2)16-11-9-15-7-6-12-22(4)19(15)20(22)18(16)17/h7,14,16-20H,2,5-6,8-12H2,1,3-4H3/t14-,16-,17+,18-,19+,20-,22+/m1/s1. The molecular weight excluding hydrogens is 296 g/mol. The van der Waals surface area contributed by atoms with Gasteiger partial charge in [0.25, 0.3) is 0 Å². The molecule has 0 unspecified atom stereocenters. The Morgan fingerprint density at radius 2 is 2.21 bits per heavy atom. The maximum atomic E-state index is 12.5. The first kappa shape index (κ1) is 16.4. The molecule has 4 rings (SSSR count). The van der Waals surface area contributed by atoms with E-state index in [4.69, 9.17) is 4.74 Å². The van der Waals surface area contributed by atoms with Crippen LogP contribution in [0, 0.1) is 40.9 Å². The van der Waals surface area contributed by atoms with Crippen LogP contribution >= 0.6 is 0 Å². The summed E-state index contributed by atoms with van der Waals surface area (Å²) in [5.41, 5.74) is 3.69. The Kier molecular flexibility index (Phi) is 3.93. The van der Waals surface area contributed by atoms with Gasteiger partial charge in [0.15, 0.2) is 0 Å². The second kappa shape index (κ2) is 5.75. The van der Waals surface area contributed by atoms with Crippen molar-refractivity contribution in [1.29, 1.82) is 0 Å². The summed E-state index contributed by atoms with van der Waals surface area (Å²) in [5.74, 6) is 3.36. The minimum Gasteiger partial charge on any atom is -0.466 e. The van der Waals surface area contributed by atoms with E-state index in [1.807, 2.05) is 6.92 Å². The first-order valence-electron chi connectivity index (χ1n) is 10.0. The smallest absolute Gasteiger partial charge is 0.308 e. The Bertz CT molecular complexity index is 589. The van der Waals surface area contributed by atoms with Crippen LogP contribution in [-0.2, 0) is 9.53 Å². The molecule has 4 aliphatic carbocycles. The fourth-order valence-electron chi connectivity index (χ4n) is 6.76. The first-order chi connectivity index (χ1) is 11.5. The van der Waals surface area contributed by atoms with Crippen LogP contribution in [0.3, 0.4) is 0 Å². The summed E-state index contributed by atoms with van der Waals surface area (Å²) < 4.78 is 5.38. The molecule has 7 atom stereocenters. The van der Waals surface area contributed by atoms with Crippen molar-refractivity contribution in [3.05, 3.63) is 23.8 Å². The van der Waals surface area contributed by atoms with E-state index in [2.05, 4.69) is 26.5 Å². The van der Waals surface area contributed by atoms with Crippen LogP contribution in [0.4, 0.5) is 0 Å². The average molecular weight is 328 g/mol. The molecule has 0 spiro atoms. The zero-order valence-electron chi connectivity index (χ0n) is 15.5. The largest absolute Gasteiger partial charge is 0.466 e. The third-order valence-corrected chi connectivity index (χ3v) is 7.95. The Balaban J connectivity index is 1.67. The highest BCUT2D eigenvalue weighted by atomic mass is 16.5. The van der Waals surface area contributed by atoms with Crippen molar-refractivity contribution in [2.45, 2.75) is 59.3 Å². The van der Waals surface area contributed by atoms with Crippen molar-refractivity contribution >= 4 is 5.97 Å². The van der Waals surface area contributed by atoms with Crippen molar-refractivity contribution in [1.82, 2.24) is 0 Å². The van der Waals surface area contributed by atoms with E-state index in [1.54, 1.807) is 5.57 Å². The summed E-state index contributed by atoms with van der Waals surface area (Å²) in [6, 6.07) is 0. The molecule has 0 aromatic carbocycles. The van der Waals surface area contributed by atoms with E-state index >= 15 is 0 Å². The summed E-state index contributed by atoms with van der Waals surface area (Å²) in [4.78, 5) is 12.5. The summed E-state index contributed by atoms with van der Waals surface area (Å²) in [7, 11) is 0. The monoisotopic (exact) mass is 328 g/mol. The molecule has 0 aliphatic heterocycles. The fourth-order valence-corrected chi connectivity index (χ4v) is 6.76. The molecule has 2 heteroatoms. The van der Waals surface area contributed by atoms with E-state index in [-0.39, 0.29) is 11.9 Å². The second-order valence-corrected chi connectivity index (χ2v) is 8.95. The molecule has 0 amide bonds. The van der Waals surface area contributed by atoms with Crippen LogP contribution in [0.15, 0.2) is 23.8 Å². The zero-order chi connectivity index (χ0) is 17.1. The van der Waals surface area contributed by atoms with Crippen LogP contribution in [0.5, 0.6) is 0 Å². The Morgan fingerprint density at radius 1 is 1.42 bits per heavy atom. The van der Waals surface area contributed by atoms with Gasteiger partial charge >= 0.3 is 5.97 Å². The number of hydrogen-bond acceptors (Lipinski definition) is 2. The number of ether oxygens (including phenoxy) is 1. The number of carbonyl (C=O) groups is 1. The summed E-state index contributed by atoms with van der Waals surface area (Å²) >= 11 is 0. The van der Waals surface area contributed by atoms with Crippen LogP contribution in [0.2, 0.25) is 0 Å². The number of carbonyl (C=O) groups excluding carboxylic acids is 1. The molecule has 4 aliphatic rings. The molecule has 0 radical (unpaired) electrons. The molecule has 0 saturated heterocycles. The number of hydrogen-bond donors (Lipinski definition) is 0. The van der Waals surface area contributed by atoms with Gasteiger partial charge in [-0.3, -0.25) is 4.79 Å². The van der Waals surface area contributed by atoms with Crippen molar-refractivity contribution in [2.75, 3.05) is 6.61 Å². The highest BCUT2D eigenvalue weighted by Gasteiger charge is 2.68. The number of fused-ring (bicyclic) bond motifs is 3. The topological polar surface area (TPSA) is 26.3 Å². The van der Waals surface area contributed by atoms with E-state index in [0.717, 1.165) is 24.7 Å². The van der Waals surface area contributed by atoms with E-state index in [1.165, 1.54) is 31.3 Å². The van der Waals surface area contributed by atoms with E-state index < -0.39 is 0 Å². The predicted molar refractivity (Wildman–Crippen MR) is 96.3 cm³/mol. The van der Waals surface area contributed by atoms with Gasteiger partial charge in [-0.15, -0.1) is 0 Å². The van der Waals surface area contributed by atoms with Crippen molar-refractivity contribution < 1.29 is 9.53 Å². The molecule has 24 heavy (non-hydrogen) atoms. The van der Waals surface area contributed by atoms with Crippen molar-refractivity contribution in [3.63, 3.8) is 0 Å². The van der Waals surface area contributed by atoms with Gasteiger partial charge in [0.05, 0.1) is 12.5 Å². The molecule has 3 saturated carbocycles. The number of allylic oxidation sites excluding steroid dienone is 3. The highest BCUT2D eigenvalue weighted by molar-refractivity contribution is 5.72. The molecule has 0 heterocycles. The van der Waals surface area contributed by atoms with Crippen molar-refractivity contribution in [3.8, 4) is 0 Å². The average Bonchev–Trinajstić information content (AvgIpc) is 3.23. The Hall–Kier alpha value is -1.05. The van der Waals surface area contributed by atoms with E-state index in [0.29, 0.717) is 29.8 Å². The molecule has 0 aromatic heterocycles. The van der Waals surface area contributed by atoms with Gasteiger partial charge in [-0.25, -0.2) is 0 Å². The van der Waals surface area contributed by atoms with Gasteiger partial charge in [0.1, 0.15) is 0 Å². The fraction of sp³-hybridized carbons (Fsp3) is 0.773. The van der Waals surface area contributed by atoms with Gasteiger partial charge in [0.2, 0.25) is 0 Å². The Morgan fingerprint density at radius 3 is 2.96 bits per heavy atom. The number of rotatable bonds is 3. The third kappa shape index (κ3) is 2.24. The van der Waals surface area contributed by atoms with E-state index in [9.17, 15) is 4.79 Å². The van der Waals surface area contributed by atoms with Gasteiger partial charge in [0, 0.05) is 0 Å². The molecule has 0 bridgehead atoms. The summed E-state index contributed by atoms with van der Waals surface area (Å²) in [6.07, 6.45) is 9.87. The lowest BCUT2D eigenvalue weighted by molar-refractivity contribution is -0.151. The quantitative estimate of drug-likeness (QED) is 0.529. The first-order valence-corrected chi connectivity index (χ1v) is 10.0. The third-order valence-electron chi connectivity index (χ3n) is 7.95. The SMILES string of the molecule is C=C1CC[C@@H]([C@@H](C)C(=O)OCC)[C@@H]2[C@@H]3[C@@H]4C(=CCC[C@]34C)CC[C@H]12. The zero-order valence-corrected chi connectivity index (χ0v) is 15.5. The molecule has 3 fully saturated rings. The lowest BCUT2D eigenvalue weighted by Gasteiger charge is -2.43. The second-order valence-electron chi connectivity index (χ2n) is 8.95. The predicted octanol–water partition coefficient (Wildman–Crippen LogP) is 5.15. The molecule has 132 valence electrons. The van der Waals surface area contributed by atoms with Gasteiger partial charge in [-0.05, 0) is 80.5 Å². The van der Waals surface area contributed by atoms with Crippen molar-refractivity contribution in [2.24, 2.45) is 40.9 Å². The van der Waals surface area contributed by atoms with Gasteiger partial charge in [-0.2, -0.15) is 0 Å². The minimum atomic E-state index is 0.0162. The highest BCUT2D eigenvalue weighted by Crippen LogP contribution is 2.74. The van der Waals surface area contributed by atoms with Crippen LogP contribution in [-0.4, -0.2) is 12.6 Å². The van der Waals surface area contributed by atoms with Crippen LogP contribution < -0.4 is 0 Å². The lowest BCUT2D eigenvalue weighted by Crippen LogP contribution is -2.39. The molecule has 2 nitrogen and oxygen atoms in total. The lowest BCUT2D eigenvalue weighted by atomic mass is 9.62. The Labute approximate surface area is 146 Å².